The molecule has 0 amide bonds. The Bertz CT molecular complexity index is 943. The highest BCUT2D eigenvalue weighted by Crippen LogP contribution is 2.40. The van der Waals surface area contributed by atoms with Gasteiger partial charge in [0.25, 0.3) is 5.69 Å². The van der Waals surface area contributed by atoms with Crippen molar-refractivity contribution in [2.45, 2.75) is 23.8 Å². The monoisotopic (exact) mass is 363 g/mol. The minimum absolute atomic E-state index is 0.121. The van der Waals surface area contributed by atoms with Crippen molar-refractivity contribution in [3.8, 4) is 5.75 Å². The Morgan fingerprint density at radius 2 is 2.08 bits per heavy atom. The van der Waals surface area contributed by atoms with Crippen molar-refractivity contribution in [1.82, 2.24) is 0 Å². The summed E-state index contributed by atoms with van der Waals surface area (Å²) in [5, 5.41) is 19.5. The molecule has 0 saturated carbocycles. The lowest BCUT2D eigenvalue weighted by Crippen LogP contribution is -2.14. The summed E-state index contributed by atoms with van der Waals surface area (Å²) in [7, 11) is -2.40. The fourth-order valence-corrected chi connectivity index (χ4v) is 3.64. The van der Waals surface area contributed by atoms with Crippen LogP contribution >= 0.6 is 0 Å². The summed E-state index contributed by atoms with van der Waals surface area (Å²) in [6.45, 7) is 0. The Hall–Kier alpha value is -2.65. The van der Waals surface area contributed by atoms with Crippen LogP contribution in [0, 0.1) is 10.1 Å². The number of nitrogens with zero attached hydrogens (tertiary/aromatic N) is 1. The van der Waals surface area contributed by atoms with E-state index in [0.29, 0.717) is 0 Å². The van der Waals surface area contributed by atoms with Crippen molar-refractivity contribution >= 4 is 21.4 Å². The second-order valence-electron chi connectivity index (χ2n) is 5.74. The summed E-state index contributed by atoms with van der Waals surface area (Å²) in [5.74, 6) is 0.792. The van der Waals surface area contributed by atoms with Crippen molar-refractivity contribution in [2.75, 3.05) is 12.4 Å². The number of fused-ring (bicyclic) bond motifs is 1. The van der Waals surface area contributed by atoms with E-state index in [1.165, 1.54) is 12.1 Å². The highest BCUT2D eigenvalue weighted by atomic mass is 32.2. The van der Waals surface area contributed by atoms with Crippen LogP contribution in [0.15, 0.2) is 41.3 Å². The third-order valence-electron chi connectivity index (χ3n) is 4.27. The number of nitro benzene ring substituents is 1. The Morgan fingerprint density at radius 3 is 2.72 bits per heavy atom. The van der Waals surface area contributed by atoms with Gasteiger partial charge in [-0.05, 0) is 42.2 Å². The second-order valence-corrected chi connectivity index (χ2v) is 7.31. The normalized spacial score (nSPS) is 16.3. The minimum atomic E-state index is -4.01. The van der Waals surface area contributed by atoms with Crippen molar-refractivity contribution < 1.29 is 18.1 Å². The van der Waals surface area contributed by atoms with E-state index in [-0.39, 0.29) is 22.3 Å². The van der Waals surface area contributed by atoms with Crippen LogP contribution in [0.3, 0.4) is 0 Å². The lowest BCUT2D eigenvalue weighted by Gasteiger charge is -2.16. The molecule has 3 rings (SSSR count). The Labute approximate surface area is 144 Å². The molecule has 0 bridgehead atoms. The highest BCUT2D eigenvalue weighted by Gasteiger charge is 2.27. The van der Waals surface area contributed by atoms with Gasteiger partial charge in [0.15, 0.2) is 0 Å². The molecule has 0 fully saturated rings. The maximum Gasteiger partial charge on any atom is 0.293 e. The van der Waals surface area contributed by atoms with Crippen LogP contribution in [0.1, 0.15) is 23.6 Å². The first-order valence-corrected chi connectivity index (χ1v) is 9.09. The van der Waals surface area contributed by atoms with Crippen molar-refractivity contribution in [1.29, 1.82) is 0 Å². The van der Waals surface area contributed by atoms with Gasteiger partial charge in [0.1, 0.15) is 11.4 Å². The van der Waals surface area contributed by atoms with Gasteiger partial charge in [0, 0.05) is 6.07 Å². The zero-order valence-corrected chi connectivity index (χ0v) is 14.2. The van der Waals surface area contributed by atoms with E-state index >= 15 is 0 Å². The standard InChI is InChI=1S/C16H17N3O5S/c1-24-16-4-2-3-11-12(16)6-8-13(11)18-14-7-5-10(25(17,22)23)9-15(14)19(20)21/h2-5,7,9,13,18H,6,8H2,1H3,(H2,17,22,23). The molecule has 8 nitrogen and oxygen atoms in total. The number of benzene rings is 2. The van der Waals surface area contributed by atoms with E-state index in [1.807, 2.05) is 18.2 Å². The third-order valence-corrected chi connectivity index (χ3v) is 5.18. The molecule has 1 aliphatic carbocycles. The van der Waals surface area contributed by atoms with Crippen LogP contribution in [-0.2, 0) is 16.4 Å². The molecule has 1 aliphatic rings. The molecule has 1 unspecified atom stereocenters. The van der Waals surface area contributed by atoms with Crippen LogP contribution in [0.25, 0.3) is 0 Å². The molecular weight excluding hydrogens is 346 g/mol. The van der Waals surface area contributed by atoms with Crippen molar-refractivity contribution in [3.63, 3.8) is 0 Å². The van der Waals surface area contributed by atoms with Gasteiger partial charge in [0.2, 0.25) is 10.0 Å². The minimum Gasteiger partial charge on any atom is -0.496 e. The number of hydrogen-bond donors (Lipinski definition) is 2. The molecule has 0 spiro atoms. The van der Waals surface area contributed by atoms with Gasteiger partial charge < -0.3 is 10.1 Å². The maximum absolute atomic E-state index is 11.4. The number of primary sulfonamides is 1. The quantitative estimate of drug-likeness (QED) is 0.620. The Balaban J connectivity index is 1.97. The fourth-order valence-electron chi connectivity index (χ4n) is 3.11. The first-order chi connectivity index (χ1) is 11.8. The number of sulfonamides is 1. The van der Waals surface area contributed by atoms with Crippen molar-refractivity contribution in [3.05, 3.63) is 57.6 Å². The number of nitro groups is 1. The predicted molar refractivity (Wildman–Crippen MR) is 92.1 cm³/mol. The number of ether oxygens (including phenoxy) is 1. The van der Waals surface area contributed by atoms with Gasteiger partial charge in [-0.1, -0.05) is 12.1 Å². The van der Waals surface area contributed by atoms with Crippen molar-refractivity contribution in [2.24, 2.45) is 5.14 Å². The molecule has 0 heterocycles. The van der Waals surface area contributed by atoms with Crippen LogP contribution in [0.5, 0.6) is 5.75 Å². The summed E-state index contributed by atoms with van der Waals surface area (Å²) in [4.78, 5) is 10.4. The maximum atomic E-state index is 11.4. The van der Waals surface area contributed by atoms with Crippen LogP contribution < -0.4 is 15.2 Å². The fraction of sp³-hybridized carbons (Fsp3) is 0.250. The lowest BCUT2D eigenvalue weighted by molar-refractivity contribution is -0.384. The SMILES string of the molecule is COc1cccc2c1CCC2Nc1ccc(S(N)(=O)=O)cc1[N+](=O)[O-]. The summed E-state index contributed by atoms with van der Waals surface area (Å²) in [5.41, 5.74) is 2.01. The number of nitrogens with two attached hydrogens (primary N) is 1. The zero-order chi connectivity index (χ0) is 18.2. The molecule has 1 atom stereocenters. The number of anilines is 1. The molecule has 0 saturated heterocycles. The van der Waals surface area contributed by atoms with E-state index < -0.39 is 14.9 Å². The summed E-state index contributed by atoms with van der Waals surface area (Å²) in [6, 6.07) is 9.18. The highest BCUT2D eigenvalue weighted by molar-refractivity contribution is 7.89. The molecule has 0 radical (unpaired) electrons. The summed E-state index contributed by atoms with van der Waals surface area (Å²) >= 11 is 0. The molecule has 3 N–H and O–H groups in total. The summed E-state index contributed by atoms with van der Waals surface area (Å²) < 4.78 is 28.2. The molecule has 2 aromatic carbocycles. The number of rotatable bonds is 5. The molecule has 9 heteroatoms. The third kappa shape index (κ3) is 3.28. The number of nitrogens with one attached hydrogen (secondary N) is 1. The number of hydrogen-bond acceptors (Lipinski definition) is 6. The first kappa shape index (κ1) is 17.2. The Kier molecular flexibility index (Phi) is 4.36. The lowest BCUT2D eigenvalue weighted by atomic mass is 10.1. The first-order valence-electron chi connectivity index (χ1n) is 7.55. The number of methoxy groups -OCH3 is 1. The van der Waals surface area contributed by atoms with Crippen LogP contribution in [-0.4, -0.2) is 20.5 Å². The largest absolute Gasteiger partial charge is 0.496 e. The zero-order valence-electron chi connectivity index (χ0n) is 13.4. The van der Waals surface area contributed by atoms with Gasteiger partial charge in [-0.25, -0.2) is 13.6 Å². The van der Waals surface area contributed by atoms with Gasteiger partial charge >= 0.3 is 0 Å². The van der Waals surface area contributed by atoms with Gasteiger partial charge in [-0.2, -0.15) is 0 Å². The molecule has 0 aliphatic heterocycles. The van der Waals surface area contributed by atoms with E-state index in [4.69, 9.17) is 9.88 Å². The van der Waals surface area contributed by atoms with E-state index in [9.17, 15) is 18.5 Å². The second kappa shape index (κ2) is 6.34. The topological polar surface area (TPSA) is 125 Å². The van der Waals surface area contributed by atoms with E-state index in [2.05, 4.69) is 5.32 Å². The molecule has 2 aromatic rings. The van der Waals surface area contributed by atoms with Gasteiger partial charge in [0.05, 0.1) is 23.0 Å². The van der Waals surface area contributed by atoms with Gasteiger partial charge in [-0.15, -0.1) is 0 Å². The Morgan fingerprint density at radius 1 is 1.32 bits per heavy atom. The summed E-state index contributed by atoms with van der Waals surface area (Å²) in [6.07, 6.45) is 1.55. The van der Waals surface area contributed by atoms with Crippen LogP contribution in [0.4, 0.5) is 11.4 Å². The van der Waals surface area contributed by atoms with Gasteiger partial charge in [-0.3, -0.25) is 10.1 Å². The van der Waals surface area contributed by atoms with Crippen LogP contribution in [0.2, 0.25) is 0 Å². The average molecular weight is 363 g/mol. The van der Waals surface area contributed by atoms with E-state index in [1.54, 1.807) is 7.11 Å². The average Bonchev–Trinajstić information content (AvgIpc) is 2.97. The predicted octanol–water partition coefficient (Wildman–Crippen LogP) is 2.35. The molecular formula is C16H17N3O5S. The smallest absolute Gasteiger partial charge is 0.293 e. The molecule has 0 aromatic heterocycles. The van der Waals surface area contributed by atoms with E-state index in [0.717, 1.165) is 35.8 Å². The molecule has 25 heavy (non-hydrogen) atoms. The molecule has 132 valence electrons.